The maximum absolute atomic E-state index is 11.0. The van der Waals surface area contributed by atoms with Gasteiger partial charge in [-0.25, -0.2) is 4.79 Å². The second kappa shape index (κ2) is 6.82. The summed E-state index contributed by atoms with van der Waals surface area (Å²) >= 11 is 0. The molecule has 0 aliphatic rings. The maximum atomic E-state index is 11.0. The van der Waals surface area contributed by atoms with Gasteiger partial charge in [0.2, 0.25) is 0 Å². The lowest BCUT2D eigenvalue weighted by atomic mass is 10.1. The van der Waals surface area contributed by atoms with E-state index in [1.54, 1.807) is 24.4 Å². The first-order valence-electron chi connectivity index (χ1n) is 6.63. The van der Waals surface area contributed by atoms with Crippen molar-refractivity contribution in [2.45, 2.75) is 20.0 Å². The zero-order chi connectivity index (χ0) is 14.4. The molecule has 0 fully saturated rings. The van der Waals surface area contributed by atoms with Gasteiger partial charge in [-0.1, -0.05) is 25.1 Å². The van der Waals surface area contributed by atoms with Crippen LogP contribution < -0.4 is 0 Å². The Morgan fingerprint density at radius 3 is 2.70 bits per heavy atom. The molecule has 0 aliphatic heterocycles. The minimum absolute atomic E-state index is 0.330. The summed E-state index contributed by atoms with van der Waals surface area (Å²) in [7, 11) is 0. The Balaban J connectivity index is 2.06. The summed E-state index contributed by atoms with van der Waals surface area (Å²) in [5.74, 6) is -0.889. The highest BCUT2D eigenvalue weighted by Gasteiger charge is 2.08. The van der Waals surface area contributed by atoms with E-state index in [9.17, 15) is 4.79 Å². The second-order valence-corrected chi connectivity index (χ2v) is 4.63. The number of carboxylic acid groups (broad SMARTS) is 1. The number of carbonyl (C=O) groups is 1. The Morgan fingerprint density at radius 1 is 1.20 bits per heavy atom. The molecular formula is C16H18N2O2. The molecule has 0 saturated heterocycles. The third-order valence-electron chi connectivity index (χ3n) is 3.14. The van der Waals surface area contributed by atoms with E-state index in [1.165, 1.54) is 0 Å². The van der Waals surface area contributed by atoms with Crippen LogP contribution in [0.1, 0.15) is 28.5 Å². The molecule has 0 amide bonds. The van der Waals surface area contributed by atoms with E-state index in [4.69, 9.17) is 5.11 Å². The highest BCUT2D eigenvalue weighted by atomic mass is 16.4. The first-order valence-corrected chi connectivity index (χ1v) is 6.63. The van der Waals surface area contributed by atoms with Crippen molar-refractivity contribution in [3.63, 3.8) is 0 Å². The van der Waals surface area contributed by atoms with Crippen molar-refractivity contribution in [2.24, 2.45) is 0 Å². The molecule has 20 heavy (non-hydrogen) atoms. The maximum Gasteiger partial charge on any atom is 0.335 e. The fourth-order valence-electron chi connectivity index (χ4n) is 2.06. The minimum Gasteiger partial charge on any atom is -0.478 e. The number of rotatable bonds is 6. The standard InChI is InChI=1S/C16H18N2O2/c1-2-18(12-15-8-3-4-9-17-15)11-13-6-5-7-14(10-13)16(19)20/h3-10H,2,11-12H2,1H3,(H,19,20). The molecule has 0 aliphatic carbocycles. The van der Waals surface area contributed by atoms with Crippen LogP contribution in [0.25, 0.3) is 0 Å². The van der Waals surface area contributed by atoms with Gasteiger partial charge in [-0.2, -0.15) is 0 Å². The molecule has 2 rings (SSSR count). The van der Waals surface area contributed by atoms with E-state index in [-0.39, 0.29) is 0 Å². The number of aromatic carboxylic acids is 1. The highest BCUT2D eigenvalue weighted by Crippen LogP contribution is 2.10. The van der Waals surface area contributed by atoms with E-state index >= 15 is 0 Å². The Hall–Kier alpha value is -2.20. The monoisotopic (exact) mass is 270 g/mol. The molecule has 0 radical (unpaired) electrons. The van der Waals surface area contributed by atoms with Crippen molar-refractivity contribution in [1.29, 1.82) is 0 Å². The second-order valence-electron chi connectivity index (χ2n) is 4.63. The van der Waals surface area contributed by atoms with Crippen LogP contribution in [0.5, 0.6) is 0 Å². The summed E-state index contributed by atoms with van der Waals surface area (Å²) in [6.45, 7) is 4.45. The predicted octanol–water partition coefficient (Wildman–Crippen LogP) is 2.80. The Kier molecular flexibility index (Phi) is 4.85. The molecule has 1 heterocycles. The van der Waals surface area contributed by atoms with E-state index in [0.717, 1.165) is 24.3 Å². The van der Waals surface area contributed by atoms with Crippen molar-refractivity contribution in [3.05, 3.63) is 65.5 Å². The molecule has 1 aromatic heterocycles. The van der Waals surface area contributed by atoms with Crippen molar-refractivity contribution in [3.8, 4) is 0 Å². The lowest BCUT2D eigenvalue weighted by molar-refractivity contribution is 0.0696. The van der Waals surface area contributed by atoms with Crippen molar-refractivity contribution >= 4 is 5.97 Å². The largest absolute Gasteiger partial charge is 0.478 e. The Labute approximate surface area is 118 Å². The predicted molar refractivity (Wildman–Crippen MR) is 77.4 cm³/mol. The summed E-state index contributed by atoms with van der Waals surface area (Å²) in [5.41, 5.74) is 2.35. The first kappa shape index (κ1) is 14.2. The smallest absolute Gasteiger partial charge is 0.335 e. The molecular weight excluding hydrogens is 252 g/mol. The molecule has 4 heteroatoms. The van der Waals surface area contributed by atoms with Crippen LogP contribution in [0, 0.1) is 0 Å². The number of hydrogen-bond acceptors (Lipinski definition) is 3. The SMILES string of the molecule is CCN(Cc1cccc(C(=O)O)c1)Cc1ccccn1. The summed E-state index contributed by atoms with van der Waals surface area (Å²) in [4.78, 5) is 17.5. The van der Waals surface area contributed by atoms with Crippen LogP contribution in [-0.4, -0.2) is 27.5 Å². The average molecular weight is 270 g/mol. The number of aromatic nitrogens is 1. The van der Waals surface area contributed by atoms with Gasteiger partial charge in [0.05, 0.1) is 11.3 Å². The van der Waals surface area contributed by atoms with E-state index < -0.39 is 5.97 Å². The van der Waals surface area contributed by atoms with Gasteiger partial charge < -0.3 is 5.11 Å². The van der Waals surface area contributed by atoms with Gasteiger partial charge in [-0.3, -0.25) is 9.88 Å². The molecule has 0 unspecified atom stereocenters. The molecule has 0 saturated carbocycles. The van der Waals surface area contributed by atoms with Gasteiger partial charge in [-0.05, 0) is 36.4 Å². The Bertz CT molecular complexity index is 570. The number of pyridine rings is 1. The van der Waals surface area contributed by atoms with Crippen molar-refractivity contribution in [2.75, 3.05) is 6.54 Å². The van der Waals surface area contributed by atoms with Crippen molar-refractivity contribution in [1.82, 2.24) is 9.88 Å². The fraction of sp³-hybridized carbons (Fsp3) is 0.250. The van der Waals surface area contributed by atoms with Gasteiger partial charge in [0.15, 0.2) is 0 Å². The summed E-state index contributed by atoms with van der Waals surface area (Å²) in [5, 5.41) is 9.01. The van der Waals surface area contributed by atoms with Crippen LogP contribution in [0.2, 0.25) is 0 Å². The third-order valence-corrected chi connectivity index (χ3v) is 3.14. The third kappa shape index (κ3) is 3.90. The van der Waals surface area contributed by atoms with Crippen LogP contribution >= 0.6 is 0 Å². The number of nitrogens with zero attached hydrogens (tertiary/aromatic N) is 2. The lowest BCUT2D eigenvalue weighted by Crippen LogP contribution is -2.23. The van der Waals surface area contributed by atoms with E-state index in [2.05, 4.69) is 16.8 Å². The van der Waals surface area contributed by atoms with Gasteiger partial charge >= 0.3 is 5.97 Å². The Morgan fingerprint density at radius 2 is 2.05 bits per heavy atom. The topological polar surface area (TPSA) is 53.4 Å². The van der Waals surface area contributed by atoms with Crippen LogP contribution in [-0.2, 0) is 13.1 Å². The normalized spacial score (nSPS) is 10.7. The molecule has 2 aromatic rings. The zero-order valence-corrected chi connectivity index (χ0v) is 11.5. The number of benzene rings is 1. The summed E-state index contributed by atoms with van der Waals surface area (Å²) < 4.78 is 0. The highest BCUT2D eigenvalue weighted by molar-refractivity contribution is 5.87. The van der Waals surface area contributed by atoms with Gasteiger partial charge in [-0.15, -0.1) is 0 Å². The van der Waals surface area contributed by atoms with Crippen LogP contribution in [0.3, 0.4) is 0 Å². The minimum atomic E-state index is -0.889. The quantitative estimate of drug-likeness (QED) is 0.877. The van der Waals surface area contributed by atoms with Gasteiger partial charge in [0, 0.05) is 19.3 Å². The zero-order valence-electron chi connectivity index (χ0n) is 11.5. The lowest BCUT2D eigenvalue weighted by Gasteiger charge is -2.20. The molecule has 0 bridgehead atoms. The average Bonchev–Trinajstić information content (AvgIpc) is 2.48. The van der Waals surface area contributed by atoms with E-state index in [1.807, 2.05) is 24.3 Å². The molecule has 104 valence electrons. The molecule has 4 nitrogen and oxygen atoms in total. The van der Waals surface area contributed by atoms with Crippen molar-refractivity contribution < 1.29 is 9.90 Å². The van der Waals surface area contributed by atoms with Gasteiger partial charge in [0.1, 0.15) is 0 Å². The molecule has 1 N–H and O–H groups in total. The van der Waals surface area contributed by atoms with Crippen LogP contribution in [0.4, 0.5) is 0 Å². The van der Waals surface area contributed by atoms with Gasteiger partial charge in [0.25, 0.3) is 0 Å². The molecule has 1 aromatic carbocycles. The number of hydrogen-bond donors (Lipinski definition) is 1. The summed E-state index contributed by atoms with van der Waals surface area (Å²) in [6, 6.07) is 12.9. The van der Waals surface area contributed by atoms with E-state index in [0.29, 0.717) is 12.1 Å². The molecule has 0 atom stereocenters. The fourth-order valence-corrected chi connectivity index (χ4v) is 2.06. The number of carboxylic acids is 1. The summed E-state index contributed by atoms with van der Waals surface area (Å²) in [6.07, 6.45) is 1.79. The first-order chi connectivity index (χ1) is 9.69. The van der Waals surface area contributed by atoms with Crippen LogP contribution in [0.15, 0.2) is 48.7 Å². The molecule has 0 spiro atoms.